The van der Waals surface area contributed by atoms with Gasteiger partial charge in [-0.05, 0) is 68.4 Å². The molecule has 0 aliphatic carbocycles. The molecule has 0 N–H and O–H groups in total. The molecule has 0 saturated carbocycles. The van der Waals surface area contributed by atoms with Crippen LogP contribution in [0.15, 0.2) is 12.4 Å². The van der Waals surface area contributed by atoms with Crippen LogP contribution in [0.3, 0.4) is 0 Å². The van der Waals surface area contributed by atoms with Crippen molar-refractivity contribution >= 4 is 80.0 Å². The predicted molar refractivity (Wildman–Crippen MR) is 97.8 cm³/mol. The summed E-state index contributed by atoms with van der Waals surface area (Å²) in [4.78, 5) is 15.0. The fraction of sp³-hybridized carbons (Fsp3) is 0.200. The first kappa shape index (κ1) is 20.3. The van der Waals surface area contributed by atoms with Crippen molar-refractivity contribution in [1.82, 2.24) is 19.9 Å². The summed E-state index contributed by atoms with van der Waals surface area (Å²) in [5.74, 6) is 0.514. The van der Waals surface area contributed by atoms with Crippen molar-refractivity contribution in [2.45, 2.75) is 7.43 Å². The van der Waals surface area contributed by atoms with Crippen molar-refractivity contribution in [1.29, 1.82) is 0 Å². The second-order valence-corrected chi connectivity index (χ2v) is 6.13. The third kappa shape index (κ3) is 6.83. The molecule has 0 unspecified atom stereocenters. The quantitative estimate of drug-likeness (QED) is 0.286. The van der Waals surface area contributed by atoms with Gasteiger partial charge in [-0.15, -0.1) is 0 Å². The number of methoxy groups -OCH3 is 1. The van der Waals surface area contributed by atoms with Crippen LogP contribution in [0.25, 0.3) is 0 Å². The Hall–Kier alpha value is 0.290. The van der Waals surface area contributed by atoms with Gasteiger partial charge in [0.15, 0.2) is 0 Å². The predicted octanol–water partition coefficient (Wildman–Crippen LogP) is 4.77. The lowest BCUT2D eigenvalue weighted by Crippen LogP contribution is -1.92. The molecule has 0 saturated heterocycles. The van der Waals surface area contributed by atoms with Crippen LogP contribution in [0.1, 0.15) is 7.43 Å². The largest absolute Gasteiger partial charge is 0.480 e. The molecule has 0 spiro atoms. The van der Waals surface area contributed by atoms with Crippen molar-refractivity contribution < 1.29 is 4.74 Å². The van der Waals surface area contributed by atoms with Gasteiger partial charge < -0.3 is 4.74 Å². The average molecular weight is 561 g/mol. The molecular formula is C10H9Cl3I2N4O. The van der Waals surface area contributed by atoms with E-state index in [0.29, 0.717) is 11.0 Å². The molecule has 5 nitrogen and oxygen atoms in total. The minimum absolute atomic E-state index is 0. The van der Waals surface area contributed by atoms with E-state index in [-0.39, 0.29) is 18.0 Å². The van der Waals surface area contributed by atoms with Crippen LogP contribution in [-0.4, -0.2) is 27.0 Å². The molecule has 2 aromatic rings. The Morgan fingerprint density at radius 2 is 1.45 bits per heavy atom. The van der Waals surface area contributed by atoms with Gasteiger partial charge >= 0.3 is 0 Å². The maximum atomic E-state index is 5.57. The number of hydrogen-bond donors (Lipinski definition) is 0. The Kier molecular flexibility index (Phi) is 10.2. The fourth-order valence-corrected chi connectivity index (χ4v) is 1.97. The standard InChI is InChI=1S/C5H4ClIN2O.C4HCl2IN2.CH4/c1-10-4-3(7)2-8-5(6)9-4;5-3-2(7)1-8-4(6)9-3;/h2H,1H3;1H;1H4. The van der Waals surface area contributed by atoms with Crippen LogP contribution in [-0.2, 0) is 0 Å². The number of hydrogen-bond acceptors (Lipinski definition) is 5. The van der Waals surface area contributed by atoms with Crippen LogP contribution < -0.4 is 4.74 Å². The minimum Gasteiger partial charge on any atom is -0.480 e. The molecule has 0 atom stereocenters. The topological polar surface area (TPSA) is 60.8 Å². The van der Waals surface area contributed by atoms with E-state index in [0.717, 1.165) is 7.14 Å². The van der Waals surface area contributed by atoms with Gasteiger partial charge in [0, 0.05) is 12.4 Å². The highest BCUT2D eigenvalue weighted by Crippen LogP contribution is 2.17. The molecule has 110 valence electrons. The first-order chi connectivity index (χ1) is 8.93. The number of aromatic nitrogens is 4. The van der Waals surface area contributed by atoms with Crippen LogP contribution in [0.4, 0.5) is 0 Å². The molecule has 2 rings (SSSR count). The SMILES string of the molecule is C.COc1nc(Cl)ncc1I.Clc1ncc(I)c(Cl)n1. The molecule has 0 fully saturated rings. The minimum atomic E-state index is 0. The van der Waals surface area contributed by atoms with E-state index < -0.39 is 0 Å². The summed E-state index contributed by atoms with van der Waals surface area (Å²) in [7, 11) is 1.54. The summed E-state index contributed by atoms with van der Waals surface area (Å²) in [5, 5.41) is 0.785. The Balaban J connectivity index is 0.000000345. The van der Waals surface area contributed by atoms with Gasteiger partial charge in [-0.3, -0.25) is 0 Å². The molecule has 0 radical (unpaired) electrons. The molecule has 20 heavy (non-hydrogen) atoms. The van der Waals surface area contributed by atoms with Crippen molar-refractivity contribution in [3.8, 4) is 5.88 Å². The smallest absolute Gasteiger partial charge is 0.231 e. The Morgan fingerprint density at radius 3 is 1.85 bits per heavy atom. The highest BCUT2D eigenvalue weighted by atomic mass is 127. The van der Waals surface area contributed by atoms with E-state index in [1.807, 2.05) is 22.6 Å². The van der Waals surface area contributed by atoms with E-state index in [1.165, 1.54) is 0 Å². The van der Waals surface area contributed by atoms with Gasteiger partial charge in [0.1, 0.15) is 5.15 Å². The lowest BCUT2D eigenvalue weighted by molar-refractivity contribution is 0.393. The Morgan fingerprint density at radius 1 is 0.950 bits per heavy atom. The average Bonchev–Trinajstić information content (AvgIpc) is 2.38. The van der Waals surface area contributed by atoms with E-state index in [2.05, 4.69) is 42.5 Å². The van der Waals surface area contributed by atoms with E-state index in [1.54, 1.807) is 19.5 Å². The highest BCUT2D eigenvalue weighted by molar-refractivity contribution is 14.1. The zero-order chi connectivity index (χ0) is 14.4. The summed E-state index contributed by atoms with van der Waals surface area (Å²) >= 11 is 20.6. The second-order valence-electron chi connectivity index (χ2n) is 2.77. The molecule has 2 heterocycles. The fourth-order valence-electron chi connectivity index (χ4n) is 0.801. The van der Waals surface area contributed by atoms with Gasteiger partial charge in [-0.1, -0.05) is 19.0 Å². The summed E-state index contributed by atoms with van der Waals surface area (Å²) in [6.45, 7) is 0. The maximum absolute atomic E-state index is 5.57. The van der Waals surface area contributed by atoms with Gasteiger partial charge in [-0.25, -0.2) is 15.0 Å². The number of ether oxygens (including phenoxy) is 1. The van der Waals surface area contributed by atoms with Gasteiger partial charge in [0.25, 0.3) is 0 Å². The lowest BCUT2D eigenvalue weighted by atomic mass is 10.6. The zero-order valence-electron chi connectivity index (χ0n) is 9.24. The second kappa shape index (κ2) is 10.1. The normalized spacial score (nSPS) is 9.10. The zero-order valence-corrected chi connectivity index (χ0v) is 15.8. The molecule has 0 aromatic carbocycles. The first-order valence-corrected chi connectivity index (χ1v) is 7.78. The van der Waals surface area contributed by atoms with Gasteiger partial charge in [-0.2, -0.15) is 4.98 Å². The Labute approximate surface area is 159 Å². The van der Waals surface area contributed by atoms with Crippen LogP contribution >= 0.6 is 80.0 Å². The van der Waals surface area contributed by atoms with Crippen molar-refractivity contribution in [2.75, 3.05) is 7.11 Å². The molecule has 10 heteroatoms. The van der Waals surface area contributed by atoms with Crippen molar-refractivity contribution in [3.05, 3.63) is 35.3 Å². The van der Waals surface area contributed by atoms with E-state index in [9.17, 15) is 0 Å². The van der Waals surface area contributed by atoms with Gasteiger partial charge in [0.2, 0.25) is 16.4 Å². The van der Waals surface area contributed by atoms with E-state index in [4.69, 9.17) is 39.5 Å². The summed E-state index contributed by atoms with van der Waals surface area (Å²) in [6, 6.07) is 0. The monoisotopic (exact) mass is 560 g/mol. The molecule has 0 aliphatic rings. The number of nitrogens with zero attached hydrogens (tertiary/aromatic N) is 4. The first-order valence-electron chi connectivity index (χ1n) is 4.49. The third-order valence-electron chi connectivity index (χ3n) is 1.55. The van der Waals surface area contributed by atoms with Crippen LogP contribution in [0, 0.1) is 7.14 Å². The summed E-state index contributed by atoms with van der Waals surface area (Å²) in [6.07, 6.45) is 3.17. The highest BCUT2D eigenvalue weighted by Gasteiger charge is 2.01. The third-order valence-corrected chi connectivity index (χ3v) is 4.05. The van der Waals surface area contributed by atoms with Crippen molar-refractivity contribution in [3.63, 3.8) is 0 Å². The number of rotatable bonds is 1. The summed E-state index contributed by atoms with van der Waals surface area (Å²) < 4.78 is 6.54. The Bertz CT molecular complexity index is 574. The van der Waals surface area contributed by atoms with Crippen LogP contribution in [0.5, 0.6) is 5.88 Å². The van der Waals surface area contributed by atoms with Crippen LogP contribution in [0.2, 0.25) is 15.7 Å². The van der Waals surface area contributed by atoms with Gasteiger partial charge in [0.05, 0.1) is 14.3 Å². The molecule has 0 aliphatic heterocycles. The lowest BCUT2D eigenvalue weighted by Gasteiger charge is -1.99. The van der Waals surface area contributed by atoms with Crippen molar-refractivity contribution in [2.24, 2.45) is 0 Å². The molecule has 2 aromatic heterocycles. The number of halogens is 5. The maximum Gasteiger partial charge on any atom is 0.231 e. The molecule has 0 bridgehead atoms. The molecular weight excluding hydrogens is 552 g/mol. The molecule has 0 amide bonds. The van der Waals surface area contributed by atoms with E-state index >= 15 is 0 Å². The summed E-state index contributed by atoms with van der Waals surface area (Å²) in [5.41, 5.74) is 0.